The van der Waals surface area contributed by atoms with E-state index in [0.717, 1.165) is 117 Å². The smallest absolute Gasteiger partial charge is 0.252 e. The maximum Gasteiger partial charge on any atom is 0.252 e. The van der Waals surface area contributed by atoms with Crippen molar-refractivity contribution in [1.82, 2.24) is 4.57 Å². The van der Waals surface area contributed by atoms with Gasteiger partial charge >= 0.3 is 0 Å². The minimum atomic E-state index is -2.78. The third-order valence-electron chi connectivity index (χ3n) is 22.1. The fourth-order valence-electron chi connectivity index (χ4n) is 17.0. The van der Waals surface area contributed by atoms with Crippen molar-refractivity contribution in [3.63, 3.8) is 0 Å². The molecule has 0 N–H and O–H groups in total. The van der Waals surface area contributed by atoms with Gasteiger partial charge in [-0.15, -0.1) is 0 Å². The molecule has 0 bridgehead atoms. The first-order valence-electron chi connectivity index (χ1n) is 40.9. The van der Waals surface area contributed by atoms with Gasteiger partial charge in [-0.2, -0.15) is 0 Å². The summed E-state index contributed by atoms with van der Waals surface area (Å²) in [7, 11) is -2.78. The fourth-order valence-corrected chi connectivity index (χ4v) is 22.6. The highest BCUT2D eigenvalue weighted by atomic mass is 28.3. The zero-order valence-corrected chi connectivity index (χ0v) is 63.0. The zero-order chi connectivity index (χ0) is 79.3. The summed E-state index contributed by atoms with van der Waals surface area (Å²) in [6.45, 7) is 27.3. The Morgan fingerprint density at radius 3 is 1.07 bits per heavy atom. The van der Waals surface area contributed by atoms with Gasteiger partial charge in [0, 0.05) is 61.5 Å². The van der Waals surface area contributed by atoms with E-state index in [1.807, 2.05) is 6.07 Å². The number of anilines is 6. The predicted molar refractivity (Wildman–Crippen MR) is 455 cm³/mol. The lowest BCUT2D eigenvalue weighted by atomic mass is 9.33. The fraction of sp³-hybridized carbons (Fsp3) is 0.160. The minimum Gasteiger partial charge on any atom is -0.310 e. The second kappa shape index (κ2) is 25.6. The van der Waals surface area contributed by atoms with Crippen molar-refractivity contribution in [2.75, 3.05) is 9.80 Å². The van der Waals surface area contributed by atoms with E-state index in [4.69, 9.17) is 2.74 Å². The van der Waals surface area contributed by atoms with Gasteiger partial charge in [-0.25, -0.2) is 0 Å². The van der Waals surface area contributed by atoms with Crippen LogP contribution in [0.2, 0.25) is 5.04 Å². The third kappa shape index (κ3) is 11.3. The van der Waals surface area contributed by atoms with Crippen LogP contribution in [0.5, 0.6) is 0 Å². The quantitative estimate of drug-likeness (QED) is 0.0944. The molecule has 17 rings (SSSR count). The Bertz CT molecular complexity index is 6070. The van der Waals surface area contributed by atoms with Crippen LogP contribution < -0.4 is 41.7 Å². The molecule has 5 heteroatoms. The number of fused-ring (bicyclic) bond motifs is 7. The summed E-state index contributed by atoms with van der Waals surface area (Å²) in [6.07, 6.45) is 0. The summed E-state index contributed by atoms with van der Waals surface area (Å²) in [5.74, 6) is 0. The molecule has 0 atom stereocenters. The number of hydrogen-bond donors (Lipinski definition) is 0. The molecule has 15 aromatic rings. The van der Waals surface area contributed by atoms with E-state index in [0.29, 0.717) is 5.69 Å². The lowest BCUT2D eigenvalue weighted by Gasteiger charge is -2.47. The number of nitrogens with zero attached hydrogens (tertiary/aromatic N) is 3. The Morgan fingerprint density at radius 2 is 0.667 bits per heavy atom. The highest BCUT2D eigenvalue weighted by molar-refractivity contribution is 7.13. The molecule has 3 heterocycles. The number of benzene rings is 14. The van der Waals surface area contributed by atoms with Crippen LogP contribution in [0.4, 0.5) is 34.1 Å². The van der Waals surface area contributed by atoms with Gasteiger partial charge in [0.1, 0.15) is 0 Å². The van der Waals surface area contributed by atoms with Gasteiger partial charge < -0.3 is 14.4 Å². The van der Waals surface area contributed by atoms with E-state index >= 15 is 0 Å². The second-order valence-corrected chi connectivity index (χ2v) is 37.4. The molecule has 3 nitrogen and oxygen atoms in total. The Balaban J connectivity index is 1.06. The second-order valence-electron chi connectivity index (χ2n) is 32.7. The normalized spacial score (nSPS) is 14.2. The lowest BCUT2D eigenvalue weighted by molar-refractivity contribution is 0.590. The Kier molecular flexibility index (Phi) is 14.2. The van der Waals surface area contributed by atoms with Crippen LogP contribution in [-0.4, -0.2) is 19.4 Å². The van der Waals surface area contributed by atoms with E-state index in [-0.39, 0.29) is 61.8 Å². The topological polar surface area (TPSA) is 11.4 Å². The summed E-state index contributed by atoms with van der Waals surface area (Å²) in [5, 5.41) is 3.89. The first kappa shape index (κ1) is 58.2. The molecule has 0 aliphatic carbocycles. The van der Waals surface area contributed by atoms with Gasteiger partial charge in [0.05, 0.1) is 33.4 Å². The molecule has 0 unspecified atom stereocenters. The molecule has 0 saturated carbocycles. The first-order chi connectivity index (χ1) is 54.0. The van der Waals surface area contributed by atoms with Gasteiger partial charge in [0.15, 0.2) is 8.07 Å². The summed E-state index contributed by atoms with van der Waals surface area (Å²) < 4.78 is 77.6. The van der Waals surface area contributed by atoms with E-state index in [1.165, 1.54) is 21.1 Å². The summed E-state index contributed by atoms with van der Waals surface area (Å²) >= 11 is 0. The molecular formula is C100H90BN3Si. The Morgan fingerprint density at radius 1 is 0.305 bits per heavy atom. The summed E-state index contributed by atoms with van der Waals surface area (Å²) in [5.41, 5.74) is 22.0. The molecule has 0 radical (unpaired) electrons. The van der Waals surface area contributed by atoms with Crippen molar-refractivity contribution < 1.29 is 11.0 Å². The molecule has 2 aliphatic heterocycles. The van der Waals surface area contributed by atoms with Crippen LogP contribution >= 0.6 is 0 Å². The predicted octanol–water partition coefficient (Wildman–Crippen LogP) is 23.4. The lowest BCUT2D eigenvalue weighted by Crippen LogP contribution is -2.72. The van der Waals surface area contributed by atoms with Crippen molar-refractivity contribution in [1.29, 1.82) is 0 Å². The molecule has 0 saturated heterocycles. The van der Waals surface area contributed by atoms with Crippen molar-refractivity contribution in [3.8, 4) is 61.3 Å². The monoisotopic (exact) mass is 1380 g/mol. The van der Waals surface area contributed by atoms with E-state index in [9.17, 15) is 8.22 Å². The maximum absolute atomic E-state index is 9.90. The number of aromatic nitrogens is 1. The average molecular weight is 1380 g/mol. The molecular weight excluding hydrogens is 1280 g/mol. The molecule has 1 aromatic heterocycles. The number of rotatable bonds is 11. The standard InChI is InChI=1S/C100H90BN3Si/c1-97(2,3)73-60-82(68-35-19-13-20-36-68)95(83(61-73)69-37-21-14-22-38-69)103-90-58-53-72(67-51-55-79(56-52-67)105(100(10,11)12,77-43-27-17-28-44-77)78-45-29-18-30-46-78)59-87(90)101-86-57-54-76(102-88-49-33-31-47-80(88)81-48-32-34-50-89(81)102)66-91(86)104(93-65-75(99(7,8)9)64-92(103)94(93)101)96-84(70-39-23-15-24-40-70)62-74(98(4,5)6)63-85(96)71-41-25-16-26-42-71/h13-66H,1-12H3/i31D,32D,33D,34D,47D,48D,49D,50D. The summed E-state index contributed by atoms with van der Waals surface area (Å²) in [6, 6.07) is 99.3. The number of hydrogen-bond acceptors (Lipinski definition) is 2. The summed E-state index contributed by atoms with van der Waals surface area (Å²) in [4.78, 5) is 5.08. The van der Waals surface area contributed by atoms with Crippen LogP contribution in [0, 0.1) is 0 Å². The molecule has 2 aliphatic rings. The van der Waals surface area contributed by atoms with Crippen molar-refractivity contribution in [3.05, 3.63) is 344 Å². The van der Waals surface area contributed by atoms with E-state index in [1.54, 1.807) is 4.57 Å². The van der Waals surface area contributed by atoms with Gasteiger partial charge in [-0.05, 0) is 170 Å². The van der Waals surface area contributed by atoms with Crippen LogP contribution in [0.25, 0.3) is 83.1 Å². The van der Waals surface area contributed by atoms with Crippen LogP contribution in [0.1, 0.15) is 111 Å². The Hall–Kier alpha value is -11.2. The largest absolute Gasteiger partial charge is 0.310 e. The van der Waals surface area contributed by atoms with Crippen LogP contribution in [-0.2, 0) is 16.2 Å². The molecule has 0 amide bonds. The third-order valence-corrected chi connectivity index (χ3v) is 28.0. The molecule has 0 spiro atoms. The zero-order valence-electron chi connectivity index (χ0n) is 70.0. The molecule has 0 fully saturated rings. The SMILES string of the molecule is [2H]c1c([2H])c([2H])c2c(c1[2H])c1c([2H])c([2H])c([2H])c([2H])c1n2-c1ccc2c(c1)N(c1c(-c3ccccc3)cc(C(C)(C)C)cc1-c1ccccc1)c1cc(C(C)(C)C)cc3c1B2c1cc(-c2ccc([Si](c4ccccc4)(c4ccccc4)C(C)(C)C)cc2)ccc1N3c1c(-c2ccccc2)cc(C(C)(C)C)cc1-c1ccccc1. The van der Waals surface area contributed by atoms with Crippen molar-refractivity contribution >= 4 is 103 Å². The molecule has 105 heavy (non-hydrogen) atoms. The highest BCUT2D eigenvalue weighted by Crippen LogP contribution is 2.56. The molecule has 512 valence electrons. The van der Waals surface area contributed by atoms with Gasteiger partial charge in [0.25, 0.3) is 6.71 Å². The van der Waals surface area contributed by atoms with Gasteiger partial charge in [-0.3, -0.25) is 0 Å². The van der Waals surface area contributed by atoms with Crippen LogP contribution in [0.3, 0.4) is 0 Å². The highest BCUT2D eigenvalue weighted by Gasteiger charge is 2.50. The van der Waals surface area contributed by atoms with Gasteiger partial charge in [-0.1, -0.05) is 344 Å². The Labute approximate surface area is 634 Å². The van der Waals surface area contributed by atoms with E-state index < -0.39 is 44.4 Å². The number of para-hydroxylation sites is 2. The van der Waals surface area contributed by atoms with Gasteiger partial charge in [0.2, 0.25) is 0 Å². The van der Waals surface area contributed by atoms with Crippen molar-refractivity contribution in [2.45, 2.75) is 104 Å². The maximum atomic E-state index is 9.90. The van der Waals surface area contributed by atoms with Crippen molar-refractivity contribution in [2.24, 2.45) is 0 Å². The first-order valence-corrected chi connectivity index (χ1v) is 38.9. The molecule has 14 aromatic carbocycles. The van der Waals surface area contributed by atoms with Crippen LogP contribution in [0.15, 0.2) is 327 Å². The minimum absolute atomic E-state index is 0.0154. The van der Waals surface area contributed by atoms with E-state index in [2.05, 4.69) is 366 Å². The average Bonchev–Trinajstić information content (AvgIpc) is 1.44.